The zero-order chi connectivity index (χ0) is 26.3. The second kappa shape index (κ2) is 9.92. The SMILES string of the molecule is C=N/N=N\N(C)c1ccc([C@H](O)CN2C3CCC2CC2(C3)C(=O)N(C3=C(C)C(=O)OC3)CC2OC)cn1. The first-order valence-electron chi connectivity index (χ1n) is 12.5. The third-order valence-electron chi connectivity index (χ3n) is 8.40. The van der Waals surface area contributed by atoms with Gasteiger partial charge in [0.25, 0.3) is 0 Å². The fraction of sp³-hybridized carbons (Fsp3) is 0.600. The Balaban J connectivity index is 1.29. The Hall–Kier alpha value is -3.22. The first-order valence-corrected chi connectivity index (χ1v) is 12.5. The Kier molecular flexibility index (Phi) is 6.82. The summed E-state index contributed by atoms with van der Waals surface area (Å²) in [4.78, 5) is 34.2. The highest BCUT2D eigenvalue weighted by atomic mass is 16.5. The lowest BCUT2D eigenvalue weighted by molar-refractivity contribution is -0.144. The molecule has 4 atom stereocenters. The van der Waals surface area contributed by atoms with Crippen molar-refractivity contribution in [3.63, 3.8) is 0 Å². The summed E-state index contributed by atoms with van der Waals surface area (Å²) in [6.07, 6.45) is 3.93. The summed E-state index contributed by atoms with van der Waals surface area (Å²) in [5.74, 6) is 0.226. The minimum Gasteiger partial charge on any atom is -0.456 e. The second-order valence-corrected chi connectivity index (χ2v) is 10.2. The molecular weight excluding hydrogens is 478 g/mol. The molecule has 2 bridgehead atoms. The monoisotopic (exact) mass is 511 g/mol. The van der Waals surface area contributed by atoms with Gasteiger partial charge >= 0.3 is 5.97 Å². The fourth-order valence-corrected chi connectivity index (χ4v) is 6.45. The van der Waals surface area contributed by atoms with Gasteiger partial charge in [-0.2, -0.15) is 0 Å². The van der Waals surface area contributed by atoms with Crippen LogP contribution in [0.25, 0.3) is 0 Å². The van der Waals surface area contributed by atoms with Crippen molar-refractivity contribution in [2.45, 2.75) is 56.9 Å². The number of hydrogen-bond acceptors (Lipinski definition) is 9. The van der Waals surface area contributed by atoms with E-state index in [1.165, 1.54) is 5.01 Å². The quantitative estimate of drug-likeness (QED) is 0.242. The van der Waals surface area contributed by atoms with Crippen LogP contribution in [0, 0.1) is 5.41 Å². The number of hydrogen-bond donors (Lipinski definition) is 1. The van der Waals surface area contributed by atoms with E-state index >= 15 is 0 Å². The van der Waals surface area contributed by atoms with Gasteiger partial charge in [-0.15, -0.1) is 5.10 Å². The van der Waals surface area contributed by atoms with Gasteiger partial charge in [0.1, 0.15) is 12.4 Å². The van der Waals surface area contributed by atoms with E-state index in [9.17, 15) is 14.7 Å². The number of piperidine rings is 1. The van der Waals surface area contributed by atoms with Gasteiger partial charge in [-0.05, 0) is 49.1 Å². The van der Waals surface area contributed by atoms with Crippen LogP contribution in [-0.4, -0.2) is 90.5 Å². The lowest BCUT2D eigenvalue weighted by Gasteiger charge is -2.46. The Bertz CT molecular complexity index is 1120. The first-order chi connectivity index (χ1) is 17.8. The predicted molar refractivity (Wildman–Crippen MR) is 133 cm³/mol. The molecule has 3 saturated heterocycles. The van der Waals surface area contributed by atoms with Crippen molar-refractivity contribution in [3.05, 3.63) is 35.2 Å². The number of carbonyl (C=O) groups is 2. The molecule has 1 aromatic rings. The van der Waals surface area contributed by atoms with Crippen LogP contribution < -0.4 is 5.01 Å². The van der Waals surface area contributed by atoms with Gasteiger partial charge in [0.15, 0.2) is 0 Å². The zero-order valence-corrected chi connectivity index (χ0v) is 21.4. The van der Waals surface area contributed by atoms with Crippen LogP contribution in [0.1, 0.15) is 44.3 Å². The molecule has 0 aromatic carbocycles. The molecule has 12 nitrogen and oxygen atoms in total. The number of aliphatic hydroxyl groups is 1. The van der Waals surface area contributed by atoms with Gasteiger partial charge < -0.3 is 19.5 Å². The smallest absolute Gasteiger partial charge is 0.336 e. The third kappa shape index (κ3) is 4.32. The van der Waals surface area contributed by atoms with Gasteiger partial charge in [-0.25, -0.2) is 14.8 Å². The van der Waals surface area contributed by atoms with Crippen LogP contribution >= 0.6 is 0 Å². The second-order valence-electron chi connectivity index (χ2n) is 10.2. The van der Waals surface area contributed by atoms with Gasteiger partial charge in [0.2, 0.25) is 5.91 Å². The van der Waals surface area contributed by atoms with Crippen LogP contribution in [-0.2, 0) is 19.1 Å². The molecule has 12 heteroatoms. The van der Waals surface area contributed by atoms with Gasteiger partial charge in [0.05, 0.1) is 35.4 Å². The van der Waals surface area contributed by atoms with E-state index in [1.807, 2.05) is 6.07 Å². The number of anilines is 1. The number of likely N-dealkylation sites (tertiary alicyclic amines) is 1. The Morgan fingerprint density at radius 2 is 2.05 bits per heavy atom. The molecular formula is C25H33N7O5. The highest BCUT2D eigenvalue weighted by Crippen LogP contribution is 2.53. The van der Waals surface area contributed by atoms with Crippen LogP contribution in [0.4, 0.5) is 5.82 Å². The maximum absolute atomic E-state index is 13.9. The third-order valence-corrected chi connectivity index (χ3v) is 8.40. The molecule has 4 aliphatic rings. The van der Waals surface area contributed by atoms with Crippen LogP contribution in [0.2, 0.25) is 0 Å². The standard InChI is InChI=1S/C25H33N7O5/c1-15-19(14-37-23(15)34)32-13-21(36-4)25(24(32)35)9-17-6-7-18(10-25)31(17)12-20(33)16-5-8-22(27-11-16)30(3)29-28-26-2/h5,8,11,17-18,20-21,33H,2,6-7,9-10,12-14H2,1,3-4H3/b29-28-/t17?,18?,20-,21?,25?/m1/s1. The Labute approximate surface area is 215 Å². The zero-order valence-electron chi connectivity index (χ0n) is 21.4. The van der Waals surface area contributed by atoms with E-state index in [-0.39, 0.29) is 36.7 Å². The number of aliphatic hydroxyl groups excluding tert-OH is 1. The fourth-order valence-electron chi connectivity index (χ4n) is 6.45. The average Bonchev–Trinajstić information content (AvgIpc) is 3.45. The summed E-state index contributed by atoms with van der Waals surface area (Å²) in [6.45, 7) is 5.99. The summed E-state index contributed by atoms with van der Waals surface area (Å²) in [5.41, 5.74) is 1.23. The topological polar surface area (TPSA) is 133 Å². The van der Waals surface area contributed by atoms with Crippen molar-refractivity contribution in [3.8, 4) is 0 Å². The molecule has 1 amide bonds. The molecule has 0 radical (unpaired) electrons. The number of amides is 1. The summed E-state index contributed by atoms with van der Waals surface area (Å²) < 4.78 is 11.0. The molecule has 1 N–H and O–H groups in total. The van der Waals surface area contributed by atoms with Crippen molar-refractivity contribution in [1.29, 1.82) is 0 Å². The Morgan fingerprint density at radius 1 is 1.32 bits per heavy atom. The number of fused-ring (bicyclic) bond motifs is 2. The summed E-state index contributed by atoms with van der Waals surface area (Å²) >= 11 is 0. The summed E-state index contributed by atoms with van der Waals surface area (Å²) in [5, 5.41) is 23.2. The van der Waals surface area contributed by atoms with Crippen molar-refractivity contribution >= 4 is 24.4 Å². The molecule has 0 saturated carbocycles. The van der Waals surface area contributed by atoms with Crippen molar-refractivity contribution in [2.75, 3.05) is 38.9 Å². The minimum absolute atomic E-state index is 0.0248. The maximum atomic E-state index is 13.9. The first kappa shape index (κ1) is 25.4. The number of aromatic nitrogens is 1. The molecule has 4 aliphatic heterocycles. The number of nitrogens with zero attached hydrogens (tertiary/aromatic N) is 7. The molecule has 1 spiro atoms. The summed E-state index contributed by atoms with van der Waals surface area (Å²) in [7, 11) is 3.35. The van der Waals surface area contributed by atoms with E-state index in [0.29, 0.717) is 48.6 Å². The number of methoxy groups -OCH3 is 1. The highest BCUT2D eigenvalue weighted by molar-refractivity contribution is 5.94. The van der Waals surface area contributed by atoms with Gasteiger partial charge in [-0.3, -0.25) is 9.69 Å². The summed E-state index contributed by atoms with van der Waals surface area (Å²) in [6, 6.07) is 3.92. The minimum atomic E-state index is -0.719. The normalized spacial score (nSPS) is 30.6. The van der Waals surface area contributed by atoms with Crippen molar-refractivity contribution < 1.29 is 24.2 Å². The molecule has 5 heterocycles. The van der Waals surface area contributed by atoms with E-state index in [0.717, 1.165) is 12.8 Å². The van der Waals surface area contributed by atoms with Crippen LogP contribution in [0.3, 0.4) is 0 Å². The molecule has 3 unspecified atom stereocenters. The lowest BCUT2D eigenvalue weighted by Crippen LogP contribution is -2.54. The average molecular weight is 512 g/mol. The van der Waals surface area contributed by atoms with Gasteiger partial charge in [-0.1, -0.05) is 6.07 Å². The van der Waals surface area contributed by atoms with Crippen LogP contribution in [0.5, 0.6) is 0 Å². The molecule has 5 rings (SSSR count). The number of carbonyl (C=O) groups excluding carboxylic acids is 2. The van der Waals surface area contributed by atoms with Gasteiger partial charge in [0, 0.05) is 51.3 Å². The number of cyclic esters (lactones) is 1. The molecule has 37 heavy (non-hydrogen) atoms. The predicted octanol–water partition coefficient (Wildman–Crippen LogP) is 1.84. The largest absolute Gasteiger partial charge is 0.456 e. The number of rotatable bonds is 8. The molecule has 198 valence electrons. The molecule has 0 aliphatic carbocycles. The number of pyridine rings is 1. The van der Waals surface area contributed by atoms with E-state index in [2.05, 4.69) is 32.1 Å². The van der Waals surface area contributed by atoms with E-state index in [4.69, 9.17) is 9.47 Å². The number of esters is 1. The number of ether oxygens (including phenoxy) is 2. The van der Waals surface area contributed by atoms with Crippen molar-refractivity contribution in [1.82, 2.24) is 14.8 Å². The van der Waals surface area contributed by atoms with Crippen molar-refractivity contribution in [2.24, 2.45) is 21.0 Å². The van der Waals surface area contributed by atoms with Crippen LogP contribution in [0.15, 0.2) is 45.1 Å². The Morgan fingerprint density at radius 3 is 2.62 bits per heavy atom. The van der Waals surface area contributed by atoms with E-state index < -0.39 is 11.5 Å². The lowest BCUT2D eigenvalue weighted by atomic mass is 9.71. The molecule has 3 fully saturated rings. The van der Waals surface area contributed by atoms with E-state index in [1.54, 1.807) is 38.2 Å². The maximum Gasteiger partial charge on any atom is 0.336 e. The highest BCUT2D eigenvalue weighted by Gasteiger charge is 2.61. The molecule has 1 aromatic heterocycles.